The molecule has 2 heteroatoms. The van der Waals surface area contributed by atoms with Crippen LogP contribution in [0.3, 0.4) is 0 Å². The fraction of sp³-hybridized carbons (Fsp3) is 0.467. The number of hydrogen-bond acceptors (Lipinski definition) is 2. The quantitative estimate of drug-likeness (QED) is 0.801. The van der Waals surface area contributed by atoms with Crippen LogP contribution in [-0.4, -0.2) is 13.2 Å². The largest absolute Gasteiger partial charge is 0.497 e. The summed E-state index contributed by atoms with van der Waals surface area (Å²) >= 11 is 0. The van der Waals surface area contributed by atoms with Crippen molar-refractivity contribution in [2.24, 2.45) is 0 Å². The maximum atomic E-state index is 5.17. The molecule has 92 valence electrons. The molecule has 17 heavy (non-hydrogen) atoms. The standard InChI is InChI=1S/C15H21NO/c1-12(16-14-6-4-3-5-7-14)13-8-10-15(17-2)11-9-13/h3-4,8-12,14,16H,5-7H2,1-2H3. The van der Waals surface area contributed by atoms with E-state index in [2.05, 4.69) is 36.5 Å². The zero-order valence-electron chi connectivity index (χ0n) is 10.6. The molecular weight excluding hydrogens is 210 g/mol. The summed E-state index contributed by atoms with van der Waals surface area (Å²) in [6.45, 7) is 2.22. The fourth-order valence-electron chi connectivity index (χ4n) is 2.29. The molecule has 1 aromatic carbocycles. The van der Waals surface area contributed by atoms with Gasteiger partial charge in [0.05, 0.1) is 7.11 Å². The van der Waals surface area contributed by atoms with Crippen LogP contribution in [0, 0.1) is 0 Å². The molecule has 0 spiro atoms. The highest BCUT2D eigenvalue weighted by molar-refractivity contribution is 5.28. The summed E-state index contributed by atoms with van der Waals surface area (Å²) in [6.07, 6.45) is 8.16. The van der Waals surface area contributed by atoms with Gasteiger partial charge in [-0.1, -0.05) is 24.3 Å². The van der Waals surface area contributed by atoms with E-state index in [1.54, 1.807) is 7.11 Å². The highest BCUT2D eigenvalue weighted by Crippen LogP contribution is 2.20. The van der Waals surface area contributed by atoms with E-state index in [1.807, 2.05) is 12.1 Å². The van der Waals surface area contributed by atoms with Gasteiger partial charge in [-0.25, -0.2) is 0 Å². The summed E-state index contributed by atoms with van der Waals surface area (Å²) in [6, 6.07) is 9.34. The van der Waals surface area contributed by atoms with Gasteiger partial charge in [0, 0.05) is 12.1 Å². The molecule has 1 aliphatic carbocycles. The average molecular weight is 231 g/mol. The molecule has 0 heterocycles. The summed E-state index contributed by atoms with van der Waals surface area (Å²) in [4.78, 5) is 0. The van der Waals surface area contributed by atoms with Crippen molar-refractivity contribution in [1.29, 1.82) is 0 Å². The van der Waals surface area contributed by atoms with Crippen LogP contribution in [0.1, 0.15) is 37.8 Å². The number of allylic oxidation sites excluding steroid dienone is 1. The molecule has 2 nitrogen and oxygen atoms in total. The van der Waals surface area contributed by atoms with E-state index in [9.17, 15) is 0 Å². The molecule has 0 radical (unpaired) electrons. The second kappa shape index (κ2) is 5.87. The van der Waals surface area contributed by atoms with Gasteiger partial charge in [-0.15, -0.1) is 0 Å². The number of hydrogen-bond donors (Lipinski definition) is 1. The van der Waals surface area contributed by atoms with Crippen LogP contribution in [0.2, 0.25) is 0 Å². The van der Waals surface area contributed by atoms with Crippen molar-refractivity contribution >= 4 is 0 Å². The molecule has 0 saturated heterocycles. The van der Waals surface area contributed by atoms with Crippen LogP contribution in [0.4, 0.5) is 0 Å². The lowest BCUT2D eigenvalue weighted by Crippen LogP contribution is -2.32. The number of methoxy groups -OCH3 is 1. The van der Waals surface area contributed by atoms with E-state index in [-0.39, 0.29) is 0 Å². The maximum absolute atomic E-state index is 5.17. The zero-order chi connectivity index (χ0) is 12.1. The minimum absolute atomic E-state index is 0.400. The van der Waals surface area contributed by atoms with Gasteiger partial charge in [0.2, 0.25) is 0 Å². The molecule has 1 aromatic rings. The van der Waals surface area contributed by atoms with Crippen molar-refractivity contribution in [3.63, 3.8) is 0 Å². The van der Waals surface area contributed by atoms with Crippen LogP contribution in [0.5, 0.6) is 5.75 Å². The van der Waals surface area contributed by atoms with Gasteiger partial charge in [-0.3, -0.25) is 0 Å². The van der Waals surface area contributed by atoms with Gasteiger partial charge < -0.3 is 10.1 Å². The van der Waals surface area contributed by atoms with Gasteiger partial charge in [-0.05, 0) is 43.9 Å². The molecule has 0 aromatic heterocycles. The number of ether oxygens (including phenoxy) is 1. The van der Waals surface area contributed by atoms with E-state index in [4.69, 9.17) is 4.74 Å². The molecule has 0 bridgehead atoms. The Hall–Kier alpha value is -1.28. The van der Waals surface area contributed by atoms with Crippen molar-refractivity contribution in [2.75, 3.05) is 7.11 Å². The first-order chi connectivity index (χ1) is 8.29. The van der Waals surface area contributed by atoms with Gasteiger partial charge in [0.15, 0.2) is 0 Å². The topological polar surface area (TPSA) is 21.3 Å². The van der Waals surface area contributed by atoms with Gasteiger partial charge in [0.1, 0.15) is 5.75 Å². The van der Waals surface area contributed by atoms with Gasteiger partial charge >= 0.3 is 0 Å². The molecule has 2 rings (SSSR count). The summed E-state index contributed by atoms with van der Waals surface area (Å²) < 4.78 is 5.17. The van der Waals surface area contributed by atoms with E-state index >= 15 is 0 Å². The Labute approximate surface area is 104 Å². The molecule has 0 fully saturated rings. The molecule has 0 amide bonds. The van der Waals surface area contributed by atoms with E-state index in [0.717, 1.165) is 12.2 Å². The van der Waals surface area contributed by atoms with Crippen molar-refractivity contribution in [2.45, 2.75) is 38.3 Å². The van der Waals surface area contributed by atoms with Crippen LogP contribution < -0.4 is 10.1 Å². The molecule has 1 aliphatic rings. The van der Waals surface area contributed by atoms with E-state index < -0.39 is 0 Å². The van der Waals surface area contributed by atoms with Crippen LogP contribution in [0.25, 0.3) is 0 Å². The van der Waals surface area contributed by atoms with Gasteiger partial charge in [0.25, 0.3) is 0 Å². The van der Waals surface area contributed by atoms with Gasteiger partial charge in [-0.2, -0.15) is 0 Å². The number of benzene rings is 1. The van der Waals surface area contributed by atoms with E-state index in [0.29, 0.717) is 12.1 Å². The Kier molecular flexibility index (Phi) is 4.21. The highest BCUT2D eigenvalue weighted by atomic mass is 16.5. The molecule has 1 N–H and O–H groups in total. The van der Waals surface area contributed by atoms with Crippen LogP contribution in [0.15, 0.2) is 36.4 Å². The summed E-state index contributed by atoms with van der Waals surface area (Å²) in [5.41, 5.74) is 1.32. The lowest BCUT2D eigenvalue weighted by atomic mass is 9.99. The zero-order valence-corrected chi connectivity index (χ0v) is 10.6. The first-order valence-electron chi connectivity index (χ1n) is 6.34. The molecular formula is C15H21NO. The first-order valence-corrected chi connectivity index (χ1v) is 6.34. The Morgan fingerprint density at radius 1 is 1.24 bits per heavy atom. The molecule has 2 atom stereocenters. The van der Waals surface area contributed by atoms with Crippen LogP contribution in [-0.2, 0) is 0 Å². The fourth-order valence-corrected chi connectivity index (χ4v) is 2.29. The molecule has 2 unspecified atom stereocenters. The first kappa shape index (κ1) is 12.2. The van der Waals surface area contributed by atoms with Crippen molar-refractivity contribution in [1.82, 2.24) is 5.32 Å². The average Bonchev–Trinajstić information content (AvgIpc) is 2.40. The minimum Gasteiger partial charge on any atom is -0.497 e. The summed E-state index contributed by atoms with van der Waals surface area (Å²) in [7, 11) is 1.70. The second-order valence-electron chi connectivity index (χ2n) is 4.64. The SMILES string of the molecule is COc1ccc(C(C)NC2CC=CCC2)cc1. The molecule has 0 saturated carbocycles. The number of rotatable bonds is 4. The highest BCUT2D eigenvalue weighted by Gasteiger charge is 2.13. The third kappa shape index (κ3) is 3.34. The summed E-state index contributed by atoms with van der Waals surface area (Å²) in [5.74, 6) is 0.918. The maximum Gasteiger partial charge on any atom is 0.118 e. The smallest absolute Gasteiger partial charge is 0.118 e. The predicted octanol–water partition coefficient (Wildman–Crippen LogP) is 3.45. The van der Waals surface area contributed by atoms with E-state index in [1.165, 1.54) is 18.4 Å². The van der Waals surface area contributed by atoms with Crippen molar-refractivity contribution in [3.05, 3.63) is 42.0 Å². The summed E-state index contributed by atoms with van der Waals surface area (Å²) in [5, 5.41) is 3.68. The Balaban J connectivity index is 1.93. The number of nitrogens with one attached hydrogen (secondary N) is 1. The van der Waals surface area contributed by atoms with Crippen molar-refractivity contribution in [3.8, 4) is 5.75 Å². The lowest BCUT2D eigenvalue weighted by Gasteiger charge is -2.24. The Morgan fingerprint density at radius 2 is 2.00 bits per heavy atom. The Morgan fingerprint density at radius 3 is 2.59 bits per heavy atom. The third-order valence-electron chi connectivity index (χ3n) is 3.37. The third-order valence-corrected chi connectivity index (χ3v) is 3.37. The predicted molar refractivity (Wildman–Crippen MR) is 71.3 cm³/mol. The monoisotopic (exact) mass is 231 g/mol. The lowest BCUT2D eigenvalue weighted by molar-refractivity contribution is 0.412. The molecule has 0 aliphatic heterocycles. The Bertz CT molecular complexity index is 369. The normalized spacial score (nSPS) is 21.2. The minimum atomic E-state index is 0.400. The van der Waals surface area contributed by atoms with Crippen molar-refractivity contribution < 1.29 is 4.74 Å². The van der Waals surface area contributed by atoms with Crippen LogP contribution >= 0.6 is 0 Å². The second-order valence-corrected chi connectivity index (χ2v) is 4.64.